The number of hydrogen-bond donors (Lipinski definition) is 1. The third kappa shape index (κ3) is 5.09. The molecule has 0 saturated carbocycles. The molecule has 0 aliphatic rings. The van der Waals surface area contributed by atoms with Crippen molar-refractivity contribution in [2.45, 2.75) is 6.92 Å². The highest BCUT2D eigenvalue weighted by atomic mass is 32.3. The fourth-order valence-corrected chi connectivity index (χ4v) is 1.57. The predicted molar refractivity (Wildman–Crippen MR) is 50.1 cm³/mol. The van der Waals surface area contributed by atoms with E-state index in [1.54, 1.807) is 0 Å². The fraction of sp³-hybridized carbons (Fsp3) is 1.00. The quantitative estimate of drug-likeness (QED) is 0.682. The zero-order valence-corrected chi connectivity index (χ0v) is 8.24. The molecule has 0 aromatic carbocycles. The van der Waals surface area contributed by atoms with Crippen LogP contribution in [0.4, 0.5) is 0 Å². The van der Waals surface area contributed by atoms with Gasteiger partial charge in [-0.15, -0.1) is 10.3 Å². The van der Waals surface area contributed by atoms with Crippen molar-refractivity contribution < 1.29 is 4.55 Å². The first-order valence-corrected chi connectivity index (χ1v) is 5.92. The first kappa shape index (κ1) is 10.3. The smallest absolute Gasteiger partial charge is 0.0113 e. The van der Waals surface area contributed by atoms with E-state index < -0.39 is 10.3 Å². The Morgan fingerprint density at radius 1 is 1.40 bits per heavy atom. The summed E-state index contributed by atoms with van der Waals surface area (Å²) in [5, 5.41) is 0. The van der Waals surface area contributed by atoms with E-state index >= 15 is 0 Å². The van der Waals surface area contributed by atoms with Crippen LogP contribution in [0.2, 0.25) is 0 Å². The molecule has 0 aromatic rings. The van der Waals surface area contributed by atoms with Crippen molar-refractivity contribution in [1.29, 1.82) is 0 Å². The van der Waals surface area contributed by atoms with Crippen LogP contribution in [-0.4, -0.2) is 47.9 Å². The monoisotopic (exact) mass is 165 g/mol. The molecule has 0 spiro atoms. The van der Waals surface area contributed by atoms with Gasteiger partial charge in [0.15, 0.2) is 0 Å². The maximum Gasteiger partial charge on any atom is 0.0113 e. The molecule has 1 N–H and O–H groups in total. The molecule has 64 valence electrons. The van der Waals surface area contributed by atoms with E-state index in [1.165, 1.54) is 0 Å². The van der Waals surface area contributed by atoms with Gasteiger partial charge in [0.2, 0.25) is 0 Å². The number of rotatable bonds is 4. The maximum atomic E-state index is 9.63. The van der Waals surface area contributed by atoms with Crippen molar-refractivity contribution >= 4 is 10.3 Å². The SMILES string of the molecule is CCS(C)(O)CCN(C)C. The van der Waals surface area contributed by atoms with Crippen LogP contribution in [0.25, 0.3) is 0 Å². The van der Waals surface area contributed by atoms with Gasteiger partial charge in [-0.2, -0.15) is 0 Å². The summed E-state index contributed by atoms with van der Waals surface area (Å²) >= 11 is 0. The molecule has 0 aliphatic carbocycles. The largest absolute Gasteiger partial charge is 0.352 e. The van der Waals surface area contributed by atoms with Crippen LogP contribution < -0.4 is 0 Å². The minimum Gasteiger partial charge on any atom is -0.352 e. The normalized spacial score (nSPS) is 20.6. The molecule has 0 fully saturated rings. The average Bonchev–Trinajstić information content (AvgIpc) is 1.85. The molecule has 0 radical (unpaired) electrons. The predicted octanol–water partition coefficient (Wildman–Crippen LogP) is 1.48. The van der Waals surface area contributed by atoms with Crippen molar-refractivity contribution in [2.24, 2.45) is 0 Å². The van der Waals surface area contributed by atoms with Gasteiger partial charge >= 0.3 is 0 Å². The van der Waals surface area contributed by atoms with E-state index in [9.17, 15) is 4.55 Å². The van der Waals surface area contributed by atoms with E-state index in [0.29, 0.717) is 0 Å². The van der Waals surface area contributed by atoms with Crippen molar-refractivity contribution in [1.82, 2.24) is 4.90 Å². The van der Waals surface area contributed by atoms with E-state index in [0.717, 1.165) is 18.1 Å². The van der Waals surface area contributed by atoms with Crippen molar-refractivity contribution in [3.8, 4) is 0 Å². The van der Waals surface area contributed by atoms with Crippen LogP contribution in [0.15, 0.2) is 0 Å². The molecule has 0 rings (SSSR count). The second-order valence-corrected chi connectivity index (χ2v) is 6.45. The molecular formula is C7H19NOS. The number of nitrogens with zero attached hydrogens (tertiary/aromatic N) is 1. The van der Waals surface area contributed by atoms with E-state index in [4.69, 9.17) is 0 Å². The van der Waals surface area contributed by atoms with Crippen molar-refractivity contribution in [3.05, 3.63) is 0 Å². The maximum absolute atomic E-state index is 9.63. The molecule has 1 atom stereocenters. The zero-order chi connectivity index (χ0) is 8.20. The van der Waals surface area contributed by atoms with Gasteiger partial charge in [-0.3, -0.25) is 0 Å². The van der Waals surface area contributed by atoms with E-state index in [-0.39, 0.29) is 0 Å². The molecule has 0 heterocycles. The Morgan fingerprint density at radius 3 is 2.20 bits per heavy atom. The number of hydrogen-bond acceptors (Lipinski definition) is 2. The van der Waals surface area contributed by atoms with Crippen LogP contribution in [0, 0.1) is 0 Å². The summed E-state index contributed by atoms with van der Waals surface area (Å²) in [5.74, 6) is 1.86. The first-order chi connectivity index (χ1) is 4.48. The van der Waals surface area contributed by atoms with E-state index in [1.807, 2.05) is 27.3 Å². The lowest BCUT2D eigenvalue weighted by Crippen LogP contribution is -2.20. The lowest BCUT2D eigenvalue weighted by Gasteiger charge is -2.28. The third-order valence-electron chi connectivity index (χ3n) is 1.60. The Hall–Kier alpha value is 0.270. The van der Waals surface area contributed by atoms with Gasteiger partial charge in [0.1, 0.15) is 0 Å². The van der Waals surface area contributed by atoms with Crippen LogP contribution >= 0.6 is 10.3 Å². The summed E-state index contributed by atoms with van der Waals surface area (Å²) in [6, 6.07) is 0. The highest BCUT2D eigenvalue weighted by molar-refractivity contribution is 8.28. The lowest BCUT2D eigenvalue weighted by molar-refractivity contribution is 0.433. The Bertz CT molecular complexity index is 93.6. The van der Waals surface area contributed by atoms with Crippen LogP contribution in [0.1, 0.15) is 6.92 Å². The second-order valence-electron chi connectivity index (χ2n) is 3.02. The Kier molecular flexibility index (Phi) is 4.32. The topological polar surface area (TPSA) is 23.5 Å². The summed E-state index contributed by atoms with van der Waals surface area (Å²) < 4.78 is 9.63. The van der Waals surface area contributed by atoms with Gasteiger partial charge in [0.05, 0.1) is 0 Å². The van der Waals surface area contributed by atoms with Gasteiger partial charge in [0.25, 0.3) is 0 Å². The molecule has 10 heavy (non-hydrogen) atoms. The highest BCUT2D eigenvalue weighted by Crippen LogP contribution is 2.37. The van der Waals surface area contributed by atoms with Crippen LogP contribution in [0.5, 0.6) is 0 Å². The van der Waals surface area contributed by atoms with Gasteiger partial charge in [-0.1, -0.05) is 6.92 Å². The molecule has 1 unspecified atom stereocenters. The molecule has 2 nitrogen and oxygen atoms in total. The third-order valence-corrected chi connectivity index (χ3v) is 3.91. The summed E-state index contributed by atoms with van der Waals surface area (Å²) in [6.07, 6.45) is 1.97. The Morgan fingerprint density at radius 2 is 1.90 bits per heavy atom. The summed E-state index contributed by atoms with van der Waals surface area (Å²) in [7, 11) is 2.81. The van der Waals surface area contributed by atoms with Gasteiger partial charge < -0.3 is 9.45 Å². The molecular weight excluding hydrogens is 146 g/mol. The van der Waals surface area contributed by atoms with Crippen LogP contribution in [0.3, 0.4) is 0 Å². The lowest BCUT2D eigenvalue weighted by atomic mass is 10.7. The summed E-state index contributed by atoms with van der Waals surface area (Å²) in [5.41, 5.74) is 0. The molecule has 3 heteroatoms. The Labute approximate surface area is 65.8 Å². The molecule has 0 aromatic heterocycles. The fourth-order valence-electron chi connectivity index (χ4n) is 0.524. The van der Waals surface area contributed by atoms with Gasteiger partial charge in [-0.25, -0.2) is 0 Å². The first-order valence-electron chi connectivity index (χ1n) is 3.59. The summed E-state index contributed by atoms with van der Waals surface area (Å²) in [6.45, 7) is 3.04. The van der Waals surface area contributed by atoms with Crippen molar-refractivity contribution in [3.63, 3.8) is 0 Å². The van der Waals surface area contributed by atoms with Gasteiger partial charge in [0, 0.05) is 12.3 Å². The summed E-state index contributed by atoms with van der Waals surface area (Å²) in [4.78, 5) is 2.11. The van der Waals surface area contributed by atoms with Crippen molar-refractivity contribution in [2.75, 3.05) is 38.4 Å². The molecule has 0 saturated heterocycles. The molecule has 0 amide bonds. The van der Waals surface area contributed by atoms with Gasteiger partial charge in [-0.05, 0) is 26.1 Å². The average molecular weight is 165 g/mol. The highest BCUT2D eigenvalue weighted by Gasteiger charge is 2.10. The zero-order valence-electron chi connectivity index (χ0n) is 7.42. The standard InChI is InChI=1S/C7H19NOS/c1-5-10(4,9)7-6-8(2)3/h9H,5-7H2,1-4H3. The molecule has 0 bridgehead atoms. The van der Waals surface area contributed by atoms with E-state index in [2.05, 4.69) is 4.90 Å². The molecule has 0 aliphatic heterocycles. The second kappa shape index (κ2) is 4.21. The Balaban J connectivity index is 3.46. The minimum atomic E-state index is -1.26. The minimum absolute atomic E-state index is 0.918. The van der Waals surface area contributed by atoms with Crippen LogP contribution in [-0.2, 0) is 0 Å².